The van der Waals surface area contributed by atoms with Crippen molar-refractivity contribution in [2.45, 2.75) is 12.4 Å². The highest BCUT2D eigenvalue weighted by atomic mass is 19.3. The van der Waals surface area contributed by atoms with Gasteiger partial charge in [-0.15, -0.1) is 0 Å². The van der Waals surface area contributed by atoms with Crippen LogP contribution in [-0.4, -0.2) is 33.2 Å². The molecule has 9 heteroatoms. The Kier molecular flexibility index (Phi) is 5.93. The van der Waals surface area contributed by atoms with E-state index in [0.717, 1.165) is 4.68 Å². The third-order valence-corrected chi connectivity index (χ3v) is 2.89. The number of ether oxygens (including phenoxy) is 1. The molecule has 0 aliphatic rings. The Hall–Kier alpha value is -3.10. The Morgan fingerprint density at radius 1 is 1.32 bits per heavy atom. The molecular weight excluding hydrogens is 337 g/mol. The second-order valence-electron chi connectivity index (χ2n) is 4.66. The standard InChI is InChI=1S/C16H15F3N4O2/c1-3-9-24-22-14(15(17)23-11-20-10-21-23)12-5-7-13(8-6-12)25-16(18,19)4-2/h3-8,10-11,15H,1-2,9H2. The summed E-state index contributed by atoms with van der Waals surface area (Å²) in [6.07, 6.45) is -1.13. The zero-order valence-electron chi connectivity index (χ0n) is 13.1. The summed E-state index contributed by atoms with van der Waals surface area (Å²) >= 11 is 0. The van der Waals surface area contributed by atoms with Crippen molar-refractivity contribution in [1.82, 2.24) is 14.8 Å². The van der Waals surface area contributed by atoms with Crippen LogP contribution in [0, 0.1) is 0 Å². The zero-order valence-corrected chi connectivity index (χ0v) is 13.1. The average molecular weight is 352 g/mol. The van der Waals surface area contributed by atoms with Crippen molar-refractivity contribution in [3.05, 3.63) is 67.8 Å². The normalized spacial score (nSPS) is 13.2. The molecule has 0 amide bonds. The number of rotatable bonds is 9. The molecule has 0 N–H and O–H groups in total. The Balaban J connectivity index is 2.26. The van der Waals surface area contributed by atoms with Gasteiger partial charge in [-0.1, -0.05) is 24.4 Å². The Morgan fingerprint density at radius 2 is 2.04 bits per heavy atom. The quantitative estimate of drug-likeness (QED) is 0.300. The number of aromatic nitrogens is 3. The molecule has 1 unspecified atom stereocenters. The molecule has 1 aromatic carbocycles. The second kappa shape index (κ2) is 8.13. The fourth-order valence-corrected chi connectivity index (χ4v) is 1.75. The highest BCUT2D eigenvalue weighted by Gasteiger charge is 2.27. The Bertz CT molecular complexity index is 730. The molecule has 2 aromatic rings. The summed E-state index contributed by atoms with van der Waals surface area (Å²) < 4.78 is 46.3. The zero-order chi connectivity index (χ0) is 18.3. The van der Waals surface area contributed by atoms with Gasteiger partial charge in [-0.2, -0.15) is 13.9 Å². The molecular formula is C16H15F3N4O2. The molecule has 0 saturated heterocycles. The number of oxime groups is 1. The predicted octanol–water partition coefficient (Wildman–Crippen LogP) is 3.51. The first kappa shape index (κ1) is 18.2. The number of hydrogen-bond donors (Lipinski definition) is 0. The van der Waals surface area contributed by atoms with E-state index in [9.17, 15) is 13.2 Å². The maximum atomic E-state index is 14.6. The fourth-order valence-electron chi connectivity index (χ4n) is 1.75. The van der Waals surface area contributed by atoms with Crippen molar-refractivity contribution in [3.8, 4) is 5.75 Å². The van der Waals surface area contributed by atoms with Crippen LogP contribution in [-0.2, 0) is 4.84 Å². The Labute approximate surface area is 141 Å². The van der Waals surface area contributed by atoms with Crippen LogP contribution in [0.15, 0.2) is 67.4 Å². The molecule has 0 aliphatic heterocycles. The van der Waals surface area contributed by atoms with E-state index in [0.29, 0.717) is 11.6 Å². The van der Waals surface area contributed by atoms with Gasteiger partial charge in [0.1, 0.15) is 30.7 Å². The van der Waals surface area contributed by atoms with Crippen molar-refractivity contribution in [2.75, 3.05) is 6.61 Å². The lowest BCUT2D eigenvalue weighted by Gasteiger charge is -2.15. The van der Waals surface area contributed by atoms with Gasteiger partial charge in [0.05, 0.1) is 0 Å². The van der Waals surface area contributed by atoms with Gasteiger partial charge in [0.2, 0.25) is 6.30 Å². The van der Waals surface area contributed by atoms with E-state index in [4.69, 9.17) is 4.84 Å². The summed E-state index contributed by atoms with van der Waals surface area (Å²) in [5.41, 5.74) is 0.177. The SMILES string of the molecule is C=CCON=C(c1ccc(OC(F)(F)C=C)cc1)C(F)n1cncn1. The van der Waals surface area contributed by atoms with Crippen molar-refractivity contribution in [1.29, 1.82) is 0 Å². The fraction of sp³-hybridized carbons (Fsp3) is 0.188. The lowest BCUT2D eigenvalue weighted by Crippen LogP contribution is -2.21. The van der Waals surface area contributed by atoms with Crippen molar-refractivity contribution < 1.29 is 22.7 Å². The first-order valence-electron chi connectivity index (χ1n) is 7.06. The highest BCUT2D eigenvalue weighted by Crippen LogP contribution is 2.24. The van der Waals surface area contributed by atoms with E-state index in [1.54, 1.807) is 0 Å². The third kappa shape index (κ3) is 4.93. The summed E-state index contributed by atoms with van der Waals surface area (Å²) in [5.74, 6) is -0.115. The van der Waals surface area contributed by atoms with Crippen LogP contribution in [0.1, 0.15) is 11.9 Å². The molecule has 1 atom stereocenters. The van der Waals surface area contributed by atoms with Crippen LogP contribution in [0.25, 0.3) is 0 Å². The summed E-state index contributed by atoms with van der Waals surface area (Å²) in [6.45, 7) is 6.52. The van der Waals surface area contributed by atoms with Gasteiger partial charge in [-0.3, -0.25) is 0 Å². The van der Waals surface area contributed by atoms with Gasteiger partial charge in [0.25, 0.3) is 0 Å². The number of hydrogen-bond acceptors (Lipinski definition) is 5. The van der Waals surface area contributed by atoms with Gasteiger partial charge in [0, 0.05) is 11.6 Å². The average Bonchev–Trinajstić information content (AvgIpc) is 3.14. The number of alkyl halides is 3. The molecule has 25 heavy (non-hydrogen) atoms. The van der Waals surface area contributed by atoms with Crippen LogP contribution in [0.4, 0.5) is 13.2 Å². The van der Waals surface area contributed by atoms with E-state index < -0.39 is 12.4 Å². The Morgan fingerprint density at radius 3 is 2.60 bits per heavy atom. The maximum absolute atomic E-state index is 14.6. The molecule has 1 heterocycles. The minimum atomic E-state index is -3.51. The van der Waals surface area contributed by atoms with Gasteiger partial charge in [0.15, 0.2) is 0 Å². The van der Waals surface area contributed by atoms with Crippen molar-refractivity contribution in [3.63, 3.8) is 0 Å². The van der Waals surface area contributed by atoms with Gasteiger partial charge in [-0.05, 0) is 24.3 Å². The lowest BCUT2D eigenvalue weighted by atomic mass is 10.1. The van der Waals surface area contributed by atoms with E-state index in [1.807, 2.05) is 0 Å². The second-order valence-corrected chi connectivity index (χ2v) is 4.66. The molecule has 0 fully saturated rings. The minimum absolute atomic E-state index is 0.0698. The first-order valence-corrected chi connectivity index (χ1v) is 7.06. The van der Waals surface area contributed by atoms with Gasteiger partial charge < -0.3 is 9.57 Å². The molecule has 0 saturated carbocycles. The third-order valence-electron chi connectivity index (χ3n) is 2.89. The van der Waals surface area contributed by atoms with E-state index in [-0.39, 0.29) is 18.1 Å². The van der Waals surface area contributed by atoms with Gasteiger partial charge in [-0.25, -0.2) is 14.1 Å². The summed E-state index contributed by atoms with van der Waals surface area (Å²) in [6, 6.07) is 5.25. The smallest absolute Gasteiger partial charge is 0.419 e. The molecule has 132 valence electrons. The lowest BCUT2D eigenvalue weighted by molar-refractivity contribution is -0.131. The summed E-state index contributed by atoms with van der Waals surface area (Å²) in [4.78, 5) is 8.62. The number of benzene rings is 1. The maximum Gasteiger partial charge on any atom is 0.419 e. The topological polar surface area (TPSA) is 61.5 Å². The van der Waals surface area contributed by atoms with E-state index in [2.05, 4.69) is 33.1 Å². The monoisotopic (exact) mass is 352 g/mol. The molecule has 0 bridgehead atoms. The number of nitrogens with zero attached hydrogens (tertiary/aromatic N) is 4. The van der Waals surface area contributed by atoms with E-state index in [1.165, 1.54) is 43.0 Å². The molecule has 1 aromatic heterocycles. The molecule has 0 spiro atoms. The molecule has 6 nitrogen and oxygen atoms in total. The van der Waals surface area contributed by atoms with Crippen LogP contribution in [0.3, 0.4) is 0 Å². The number of halogens is 3. The van der Waals surface area contributed by atoms with Crippen LogP contribution >= 0.6 is 0 Å². The van der Waals surface area contributed by atoms with Crippen molar-refractivity contribution in [2.24, 2.45) is 5.16 Å². The summed E-state index contributed by atoms with van der Waals surface area (Å²) in [7, 11) is 0. The highest BCUT2D eigenvalue weighted by molar-refractivity contribution is 6.02. The van der Waals surface area contributed by atoms with Crippen molar-refractivity contribution >= 4 is 5.71 Å². The summed E-state index contributed by atoms with van der Waals surface area (Å²) in [5, 5.41) is 7.44. The van der Waals surface area contributed by atoms with Gasteiger partial charge >= 0.3 is 6.11 Å². The molecule has 2 rings (SSSR count). The predicted molar refractivity (Wildman–Crippen MR) is 85.1 cm³/mol. The van der Waals surface area contributed by atoms with Crippen LogP contribution < -0.4 is 4.74 Å². The first-order chi connectivity index (χ1) is 12.0. The van der Waals surface area contributed by atoms with E-state index >= 15 is 0 Å². The molecule has 0 aliphatic carbocycles. The molecule has 0 radical (unpaired) electrons. The van der Waals surface area contributed by atoms with Crippen LogP contribution in [0.5, 0.6) is 5.75 Å². The minimum Gasteiger partial charge on any atom is -0.429 e. The largest absolute Gasteiger partial charge is 0.429 e. The van der Waals surface area contributed by atoms with Crippen LogP contribution in [0.2, 0.25) is 0 Å².